The molecule has 0 saturated heterocycles. The second-order valence-electron chi connectivity index (χ2n) is 7.55. The van der Waals surface area contributed by atoms with Crippen molar-refractivity contribution in [1.29, 1.82) is 0 Å². The van der Waals surface area contributed by atoms with E-state index in [-0.39, 0.29) is 12.0 Å². The molecule has 1 amide bonds. The fourth-order valence-electron chi connectivity index (χ4n) is 3.77. The zero-order chi connectivity index (χ0) is 18.3. The number of carbonyl (C=O) groups is 1. The van der Waals surface area contributed by atoms with E-state index in [0.717, 1.165) is 37.5 Å². The van der Waals surface area contributed by atoms with Crippen molar-refractivity contribution in [3.05, 3.63) is 47.3 Å². The van der Waals surface area contributed by atoms with E-state index in [9.17, 15) is 4.79 Å². The van der Waals surface area contributed by atoms with Crippen LogP contribution >= 0.6 is 0 Å². The monoisotopic (exact) mass is 354 g/mol. The minimum absolute atomic E-state index is 0.00928. The number of rotatable bonds is 4. The first-order chi connectivity index (χ1) is 12.5. The number of aromatic nitrogens is 2. The molecule has 1 aromatic heterocycles. The van der Waals surface area contributed by atoms with Crippen LogP contribution in [-0.2, 0) is 19.5 Å². The molecule has 0 aliphatic carbocycles. The second-order valence-corrected chi connectivity index (χ2v) is 7.55. The highest BCUT2D eigenvalue weighted by Gasteiger charge is 2.27. The summed E-state index contributed by atoms with van der Waals surface area (Å²) in [5.41, 5.74) is 2.86. The average molecular weight is 354 g/mol. The minimum Gasteiger partial charge on any atom is -0.488 e. The first-order valence-corrected chi connectivity index (χ1v) is 9.32. The van der Waals surface area contributed by atoms with Gasteiger partial charge in [0, 0.05) is 32.6 Å². The van der Waals surface area contributed by atoms with E-state index in [2.05, 4.69) is 29.9 Å². The van der Waals surface area contributed by atoms with E-state index in [1.54, 1.807) is 4.90 Å². The van der Waals surface area contributed by atoms with Gasteiger partial charge in [-0.05, 0) is 31.5 Å². The van der Waals surface area contributed by atoms with Crippen molar-refractivity contribution in [2.75, 3.05) is 20.1 Å². The number of hydrogen-bond donors (Lipinski definition) is 0. The fraction of sp³-hybridized carbons (Fsp3) is 0.500. The molecule has 138 valence electrons. The topological polar surface area (TPSA) is 50.6 Å². The summed E-state index contributed by atoms with van der Waals surface area (Å²) in [6.07, 6.45) is 0.853. The third-order valence-corrected chi connectivity index (χ3v) is 5.31. The molecular formula is C20H26N4O2. The van der Waals surface area contributed by atoms with Gasteiger partial charge in [-0.1, -0.05) is 18.2 Å². The summed E-state index contributed by atoms with van der Waals surface area (Å²) >= 11 is 0. The van der Waals surface area contributed by atoms with Crippen molar-refractivity contribution in [2.24, 2.45) is 0 Å². The molecule has 2 aliphatic heterocycles. The van der Waals surface area contributed by atoms with E-state index in [1.165, 1.54) is 5.56 Å². The van der Waals surface area contributed by atoms with Crippen molar-refractivity contribution in [3.63, 3.8) is 0 Å². The predicted octanol–water partition coefficient (Wildman–Crippen LogP) is 2.18. The molecule has 26 heavy (non-hydrogen) atoms. The zero-order valence-corrected chi connectivity index (χ0v) is 15.7. The van der Waals surface area contributed by atoms with Gasteiger partial charge in [0.1, 0.15) is 11.9 Å². The molecule has 1 aromatic carbocycles. The summed E-state index contributed by atoms with van der Waals surface area (Å²) in [5.74, 6) is 0.895. The molecule has 2 aliphatic rings. The van der Waals surface area contributed by atoms with Crippen LogP contribution in [0.3, 0.4) is 0 Å². The maximum atomic E-state index is 12.8. The summed E-state index contributed by atoms with van der Waals surface area (Å²) in [6.45, 7) is 7.63. The number of nitrogens with zero attached hydrogens (tertiary/aromatic N) is 4. The summed E-state index contributed by atoms with van der Waals surface area (Å²) in [5, 5.41) is 4.54. The van der Waals surface area contributed by atoms with Crippen molar-refractivity contribution in [2.45, 2.75) is 45.5 Å². The lowest BCUT2D eigenvalue weighted by Crippen LogP contribution is -2.38. The van der Waals surface area contributed by atoms with Crippen molar-refractivity contribution in [3.8, 4) is 5.75 Å². The molecule has 0 spiro atoms. The first-order valence-electron chi connectivity index (χ1n) is 9.32. The Balaban J connectivity index is 1.41. The first kappa shape index (κ1) is 17.1. The number of ether oxygens (including phenoxy) is 1. The van der Waals surface area contributed by atoms with Crippen LogP contribution in [0.1, 0.15) is 35.6 Å². The third kappa shape index (κ3) is 3.21. The molecule has 0 saturated carbocycles. The van der Waals surface area contributed by atoms with Gasteiger partial charge in [0.2, 0.25) is 0 Å². The van der Waals surface area contributed by atoms with Crippen LogP contribution in [0.5, 0.6) is 5.75 Å². The van der Waals surface area contributed by atoms with Crippen LogP contribution in [0.15, 0.2) is 30.3 Å². The molecule has 4 rings (SSSR count). The summed E-state index contributed by atoms with van der Waals surface area (Å²) in [7, 11) is 1.83. The van der Waals surface area contributed by atoms with Crippen LogP contribution in [0, 0.1) is 0 Å². The van der Waals surface area contributed by atoms with E-state index in [4.69, 9.17) is 4.74 Å². The van der Waals surface area contributed by atoms with Crippen molar-refractivity contribution in [1.82, 2.24) is 19.6 Å². The van der Waals surface area contributed by atoms with Gasteiger partial charge in [-0.2, -0.15) is 5.10 Å². The number of fused-ring (bicyclic) bond motifs is 2. The number of carbonyl (C=O) groups excluding carboxylic acids is 1. The highest BCUT2D eigenvalue weighted by atomic mass is 16.5. The number of para-hydroxylation sites is 1. The van der Waals surface area contributed by atoms with E-state index in [1.807, 2.05) is 36.0 Å². The molecule has 2 aromatic rings. The third-order valence-electron chi connectivity index (χ3n) is 5.31. The molecular weight excluding hydrogens is 328 g/mol. The minimum atomic E-state index is -0.0393. The maximum absolute atomic E-state index is 12.8. The number of likely N-dealkylation sites (N-methyl/N-ethyl adjacent to an activating group) is 1. The molecule has 1 atom stereocenters. The molecule has 0 radical (unpaired) electrons. The summed E-state index contributed by atoms with van der Waals surface area (Å²) < 4.78 is 7.93. The number of benzene rings is 1. The molecule has 0 unspecified atom stereocenters. The van der Waals surface area contributed by atoms with Gasteiger partial charge >= 0.3 is 0 Å². The maximum Gasteiger partial charge on any atom is 0.274 e. The largest absolute Gasteiger partial charge is 0.488 e. The molecule has 0 bridgehead atoms. The van der Waals surface area contributed by atoms with Gasteiger partial charge < -0.3 is 9.64 Å². The average Bonchev–Trinajstić information content (AvgIpc) is 3.23. The summed E-state index contributed by atoms with van der Waals surface area (Å²) in [6, 6.07) is 10.5. The molecule has 0 N–H and O–H groups in total. The summed E-state index contributed by atoms with van der Waals surface area (Å²) in [4.78, 5) is 16.9. The van der Waals surface area contributed by atoms with Gasteiger partial charge in [-0.25, -0.2) is 0 Å². The van der Waals surface area contributed by atoms with Crippen molar-refractivity contribution >= 4 is 5.91 Å². The van der Waals surface area contributed by atoms with Crippen LogP contribution < -0.4 is 4.74 Å². The molecule has 3 heterocycles. The highest BCUT2D eigenvalue weighted by molar-refractivity contribution is 5.92. The Kier molecular flexibility index (Phi) is 4.44. The van der Waals surface area contributed by atoms with Crippen LogP contribution in [-0.4, -0.2) is 57.8 Å². The standard InChI is InChI=1S/C20H26N4O2/c1-14(2)23-8-9-24-16(12-23)11-18(21-24)20(25)22(3)13-17-10-15-6-4-5-7-19(15)26-17/h4-7,11,14,17H,8-10,12-13H2,1-3H3/t17-/m1/s1. The Bertz CT molecular complexity index is 789. The lowest BCUT2D eigenvalue weighted by molar-refractivity contribution is 0.0723. The Morgan fingerprint density at radius 3 is 2.92 bits per heavy atom. The lowest BCUT2D eigenvalue weighted by Gasteiger charge is -2.30. The molecule has 0 fully saturated rings. The molecule has 6 heteroatoms. The SMILES string of the molecule is CC(C)N1CCn2nc(C(=O)N(C)C[C@H]3Cc4ccccc4O3)cc2C1. The second kappa shape index (κ2) is 6.76. The van der Waals surface area contributed by atoms with Gasteiger partial charge in [-0.3, -0.25) is 14.4 Å². The Morgan fingerprint density at radius 2 is 2.15 bits per heavy atom. The predicted molar refractivity (Wildman–Crippen MR) is 99.3 cm³/mol. The highest BCUT2D eigenvalue weighted by Crippen LogP contribution is 2.28. The van der Waals surface area contributed by atoms with Gasteiger partial charge in [0.15, 0.2) is 5.69 Å². The number of amides is 1. The number of hydrogen-bond acceptors (Lipinski definition) is 4. The van der Waals surface area contributed by atoms with E-state index in [0.29, 0.717) is 18.3 Å². The van der Waals surface area contributed by atoms with E-state index >= 15 is 0 Å². The van der Waals surface area contributed by atoms with Gasteiger partial charge in [0.25, 0.3) is 5.91 Å². The van der Waals surface area contributed by atoms with Crippen LogP contribution in [0.2, 0.25) is 0 Å². The fourth-order valence-corrected chi connectivity index (χ4v) is 3.77. The lowest BCUT2D eigenvalue weighted by atomic mass is 10.1. The Morgan fingerprint density at radius 1 is 1.35 bits per heavy atom. The van der Waals surface area contributed by atoms with Gasteiger partial charge in [0.05, 0.1) is 18.8 Å². The van der Waals surface area contributed by atoms with Crippen LogP contribution in [0.4, 0.5) is 0 Å². The Hall–Kier alpha value is -2.34. The van der Waals surface area contributed by atoms with Gasteiger partial charge in [-0.15, -0.1) is 0 Å². The smallest absolute Gasteiger partial charge is 0.274 e. The molecule has 6 nitrogen and oxygen atoms in total. The van der Waals surface area contributed by atoms with Crippen LogP contribution in [0.25, 0.3) is 0 Å². The Labute approximate surface area is 154 Å². The normalized spacial score (nSPS) is 19.2. The van der Waals surface area contributed by atoms with Crippen molar-refractivity contribution < 1.29 is 9.53 Å². The zero-order valence-electron chi connectivity index (χ0n) is 15.7. The van der Waals surface area contributed by atoms with E-state index < -0.39 is 0 Å². The quantitative estimate of drug-likeness (QED) is 0.844.